The molecule has 0 saturated heterocycles. The lowest BCUT2D eigenvalue weighted by Crippen LogP contribution is -2.27. The number of carbonyl (C=O) groups is 2. The standard InChI is InChI=1S/C21H22F3N7O2S/c1-11-4-5-12(6-14(11)21(22,23)24)30-19(32)15-7-26-16(34-15)8-27-20(33)17-13(9-31(2)3)18(25)29-10-28-17/h4-7,10H,8-9H2,1-3H3,(H,27,33)(H,30,32)(H2,25,28,29). The van der Waals surface area contributed by atoms with Crippen LogP contribution in [0.25, 0.3) is 0 Å². The van der Waals surface area contributed by atoms with E-state index in [0.29, 0.717) is 17.1 Å². The Hall–Kier alpha value is -3.58. The Kier molecular flexibility index (Phi) is 7.47. The second kappa shape index (κ2) is 10.1. The zero-order valence-electron chi connectivity index (χ0n) is 18.5. The number of amides is 2. The molecule has 34 heavy (non-hydrogen) atoms. The summed E-state index contributed by atoms with van der Waals surface area (Å²) in [6.45, 7) is 1.73. The van der Waals surface area contributed by atoms with E-state index in [1.54, 1.807) is 0 Å². The zero-order valence-corrected chi connectivity index (χ0v) is 19.3. The fourth-order valence-electron chi connectivity index (χ4n) is 3.03. The molecule has 0 aliphatic carbocycles. The van der Waals surface area contributed by atoms with Gasteiger partial charge in [-0.3, -0.25) is 9.59 Å². The van der Waals surface area contributed by atoms with Gasteiger partial charge in [-0.1, -0.05) is 6.07 Å². The molecule has 0 saturated carbocycles. The summed E-state index contributed by atoms with van der Waals surface area (Å²) in [5.41, 5.74) is 5.75. The van der Waals surface area contributed by atoms with Crippen LogP contribution >= 0.6 is 11.3 Å². The highest BCUT2D eigenvalue weighted by atomic mass is 32.1. The summed E-state index contributed by atoms with van der Waals surface area (Å²) < 4.78 is 39.3. The number of thiazole rings is 1. The van der Waals surface area contributed by atoms with E-state index in [2.05, 4.69) is 25.6 Å². The number of nitrogen functional groups attached to an aromatic ring is 1. The van der Waals surface area contributed by atoms with E-state index in [4.69, 9.17) is 5.73 Å². The van der Waals surface area contributed by atoms with Crippen molar-refractivity contribution in [2.75, 3.05) is 25.1 Å². The maximum atomic E-state index is 13.1. The molecule has 2 heterocycles. The summed E-state index contributed by atoms with van der Waals surface area (Å²) in [6, 6.07) is 3.56. The lowest BCUT2D eigenvalue weighted by Gasteiger charge is -2.14. The van der Waals surface area contributed by atoms with Crippen molar-refractivity contribution in [3.05, 3.63) is 63.0 Å². The van der Waals surface area contributed by atoms with E-state index >= 15 is 0 Å². The van der Waals surface area contributed by atoms with Crippen LogP contribution in [0.15, 0.2) is 30.7 Å². The molecule has 3 aromatic rings. The van der Waals surface area contributed by atoms with Crippen molar-refractivity contribution in [1.82, 2.24) is 25.2 Å². The van der Waals surface area contributed by atoms with Crippen molar-refractivity contribution in [2.24, 2.45) is 0 Å². The van der Waals surface area contributed by atoms with Gasteiger partial charge in [0.05, 0.1) is 18.3 Å². The van der Waals surface area contributed by atoms with Crippen LogP contribution in [0.1, 0.15) is 41.9 Å². The molecule has 0 radical (unpaired) electrons. The second-order valence-corrected chi connectivity index (χ2v) is 8.72. The topological polar surface area (TPSA) is 126 Å². The summed E-state index contributed by atoms with van der Waals surface area (Å²) in [5, 5.41) is 5.54. The van der Waals surface area contributed by atoms with Crippen molar-refractivity contribution in [3.63, 3.8) is 0 Å². The Balaban J connectivity index is 1.66. The molecule has 0 aliphatic rings. The molecule has 1 aromatic carbocycles. The van der Waals surface area contributed by atoms with Gasteiger partial charge in [0.25, 0.3) is 11.8 Å². The average molecular weight is 494 g/mol. The molecule has 0 fully saturated rings. The molecule has 0 unspecified atom stereocenters. The van der Waals surface area contributed by atoms with E-state index in [-0.39, 0.29) is 34.2 Å². The average Bonchev–Trinajstić information content (AvgIpc) is 3.23. The molecule has 2 aromatic heterocycles. The quantitative estimate of drug-likeness (QED) is 0.462. The molecule has 0 bridgehead atoms. The first-order valence-electron chi connectivity index (χ1n) is 9.92. The lowest BCUT2D eigenvalue weighted by atomic mass is 10.1. The number of aromatic nitrogens is 3. The van der Waals surface area contributed by atoms with Gasteiger partial charge in [-0.05, 0) is 38.7 Å². The maximum Gasteiger partial charge on any atom is 0.416 e. The number of nitrogens with one attached hydrogen (secondary N) is 2. The van der Waals surface area contributed by atoms with E-state index in [9.17, 15) is 22.8 Å². The first-order chi connectivity index (χ1) is 16.0. The summed E-state index contributed by atoms with van der Waals surface area (Å²) in [7, 11) is 3.63. The SMILES string of the molecule is Cc1ccc(NC(=O)c2cnc(CNC(=O)c3ncnc(N)c3CN(C)C)s2)cc1C(F)(F)F. The van der Waals surface area contributed by atoms with Gasteiger partial charge in [0.1, 0.15) is 27.7 Å². The van der Waals surface area contributed by atoms with E-state index in [0.717, 1.165) is 17.4 Å². The molecule has 2 amide bonds. The number of benzene rings is 1. The van der Waals surface area contributed by atoms with Crippen molar-refractivity contribution in [3.8, 4) is 0 Å². The summed E-state index contributed by atoms with van der Waals surface area (Å²) in [5.74, 6) is -0.887. The van der Waals surface area contributed by atoms with Crippen molar-refractivity contribution < 1.29 is 22.8 Å². The number of alkyl halides is 3. The van der Waals surface area contributed by atoms with Gasteiger partial charge < -0.3 is 21.3 Å². The predicted molar refractivity (Wildman–Crippen MR) is 121 cm³/mol. The third kappa shape index (κ3) is 6.05. The molecule has 13 heteroatoms. The van der Waals surface area contributed by atoms with Gasteiger partial charge in [-0.2, -0.15) is 13.2 Å². The number of rotatable bonds is 7. The van der Waals surface area contributed by atoms with Crippen molar-refractivity contribution in [2.45, 2.75) is 26.2 Å². The van der Waals surface area contributed by atoms with Crippen LogP contribution in [0.2, 0.25) is 0 Å². The normalized spacial score (nSPS) is 11.5. The first-order valence-corrected chi connectivity index (χ1v) is 10.7. The summed E-state index contributed by atoms with van der Waals surface area (Å²) in [6.07, 6.45) is -2.04. The Morgan fingerprint density at radius 2 is 1.88 bits per heavy atom. The number of aryl methyl sites for hydroxylation is 1. The van der Waals surface area contributed by atoms with Crippen LogP contribution < -0.4 is 16.4 Å². The Morgan fingerprint density at radius 3 is 2.56 bits per heavy atom. The third-order valence-electron chi connectivity index (χ3n) is 4.65. The Morgan fingerprint density at radius 1 is 1.15 bits per heavy atom. The number of hydrogen-bond acceptors (Lipinski definition) is 8. The number of hydrogen-bond donors (Lipinski definition) is 3. The van der Waals surface area contributed by atoms with E-state index < -0.39 is 23.6 Å². The molecule has 9 nitrogen and oxygen atoms in total. The number of halogens is 3. The Labute approximate surface area is 197 Å². The lowest BCUT2D eigenvalue weighted by molar-refractivity contribution is -0.138. The van der Waals surface area contributed by atoms with Crippen molar-refractivity contribution in [1.29, 1.82) is 0 Å². The van der Waals surface area contributed by atoms with Gasteiger partial charge >= 0.3 is 6.18 Å². The predicted octanol–water partition coefficient (Wildman–Crippen LogP) is 3.09. The minimum Gasteiger partial charge on any atom is -0.383 e. The zero-order chi connectivity index (χ0) is 25.0. The molecule has 4 N–H and O–H groups in total. The first kappa shape index (κ1) is 25.1. The number of nitrogens with zero attached hydrogens (tertiary/aromatic N) is 4. The number of anilines is 2. The summed E-state index contributed by atoms with van der Waals surface area (Å²) in [4.78, 5) is 39.1. The highest BCUT2D eigenvalue weighted by molar-refractivity contribution is 7.13. The van der Waals surface area contributed by atoms with E-state index in [1.807, 2.05) is 19.0 Å². The Bertz CT molecular complexity index is 1210. The van der Waals surface area contributed by atoms with Gasteiger partial charge in [0.15, 0.2) is 0 Å². The second-order valence-electron chi connectivity index (χ2n) is 7.61. The highest BCUT2D eigenvalue weighted by Gasteiger charge is 2.32. The van der Waals surface area contributed by atoms with E-state index in [1.165, 1.54) is 31.6 Å². The summed E-state index contributed by atoms with van der Waals surface area (Å²) >= 11 is 1.00. The van der Waals surface area contributed by atoms with Gasteiger partial charge in [-0.25, -0.2) is 15.0 Å². The molecular formula is C21H22F3N7O2S. The van der Waals surface area contributed by atoms with Gasteiger partial charge in [0, 0.05) is 17.8 Å². The largest absolute Gasteiger partial charge is 0.416 e. The molecule has 0 atom stereocenters. The molecule has 0 spiro atoms. The number of nitrogens with two attached hydrogens (primary N) is 1. The fourth-order valence-corrected chi connectivity index (χ4v) is 3.78. The third-order valence-corrected chi connectivity index (χ3v) is 5.64. The van der Waals surface area contributed by atoms with Gasteiger partial charge in [-0.15, -0.1) is 11.3 Å². The maximum absolute atomic E-state index is 13.1. The molecule has 180 valence electrons. The fraction of sp³-hybridized carbons (Fsp3) is 0.286. The number of carbonyl (C=O) groups excluding carboxylic acids is 2. The molecule has 3 rings (SSSR count). The highest BCUT2D eigenvalue weighted by Crippen LogP contribution is 2.33. The minimum absolute atomic E-state index is 0.0148. The van der Waals surface area contributed by atoms with Crippen LogP contribution in [-0.4, -0.2) is 45.8 Å². The molecule has 0 aliphatic heterocycles. The van der Waals surface area contributed by atoms with Gasteiger partial charge in [0.2, 0.25) is 0 Å². The monoisotopic (exact) mass is 493 g/mol. The smallest absolute Gasteiger partial charge is 0.383 e. The van der Waals surface area contributed by atoms with Crippen LogP contribution in [0.5, 0.6) is 0 Å². The van der Waals surface area contributed by atoms with Crippen LogP contribution in [0.3, 0.4) is 0 Å². The minimum atomic E-state index is -4.53. The van der Waals surface area contributed by atoms with Crippen molar-refractivity contribution >= 4 is 34.7 Å². The van der Waals surface area contributed by atoms with Crippen LogP contribution in [0, 0.1) is 6.92 Å². The molecular weight excluding hydrogens is 471 g/mol. The van der Waals surface area contributed by atoms with Crippen LogP contribution in [0.4, 0.5) is 24.7 Å². The van der Waals surface area contributed by atoms with Crippen LogP contribution in [-0.2, 0) is 19.3 Å².